The highest BCUT2D eigenvalue weighted by Gasteiger charge is 2.17. The van der Waals surface area contributed by atoms with Crippen molar-refractivity contribution in [3.8, 4) is 11.4 Å². The fraction of sp³-hybridized carbons (Fsp3) is 0.136. The first-order valence-corrected chi connectivity index (χ1v) is 11.8. The van der Waals surface area contributed by atoms with Gasteiger partial charge < -0.3 is 15.0 Å². The van der Waals surface area contributed by atoms with E-state index in [0.29, 0.717) is 33.8 Å². The fourth-order valence-electron chi connectivity index (χ4n) is 3.16. The summed E-state index contributed by atoms with van der Waals surface area (Å²) in [7, 11) is 1.56. The number of hydrogen-bond donors (Lipinski definition) is 3. The summed E-state index contributed by atoms with van der Waals surface area (Å²) in [6.45, 7) is 0. The van der Waals surface area contributed by atoms with Crippen molar-refractivity contribution in [1.29, 1.82) is 0 Å². The minimum absolute atomic E-state index is 0.0972. The number of nitrogens with one attached hydrogen (secondary N) is 3. The number of amides is 1. The molecule has 34 heavy (non-hydrogen) atoms. The van der Waals surface area contributed by atoms with Gasteiger partial charge in [0.05, 0.1) is 18.6 Å². The molecule has 2 aromatic heterocycles. The van der Waals surface area contributed by atoms with Crippen LogP contribution in [-0.4, -0.2) is 43.5 Å². The van der Waals surface area contributed by atoms with Crippen LogP contribution in [0.3, 0.4) is 0 Å². The Bertz CT molecular complexity index is 1400. The Hall–Kier alpha value is -3.64. The lowest BCUT2D eigenvalue weighted by Gasteiger charge is -2.11. The number of methoxy groups -OCH3 is 1. The quantitative estimate of drug-likeness (QED) is 0.291. The first-order valence-electron chi connectivity index (χ1n) is 10.0. The van der Waals surface area contributed by atoms with E-state index >= 15 is 0 Å². The molecule has 0 bridgehead atoms. The first-order chi connectivity index (χ1) is 16.4. The van der Waals surface area contributed by atoms with E-state index in [4.69, 9.17) is 4.74 Å². The van der Waals surface area contributed by atoms with Gasteiger partial charge in [-0.2, -0.15) is 0 Å². The van der Waals surface area contributed by atoms with Crippen LogP contribution < -0.4 is 21.3 Å². The van der Waals surface area contributed by atoms with Gasteiger partial charge in [0, 0.05) is 34.4 Å². The molecule has 4 aromatic rings. The van der Waals surface area contributed by atoms with Crippen LogP contribution in [0.4, 0.5) is 5.69 Å². The zero-order valence-electron chi connectivity index (χ0n) is 17.9. The van der Waals surface area contributed by atoms with Crippen LogP contribution in [0.2, 0.25) is 0 Å². The molecule has 0 unspecified atom stereocenters. The van der Waals surface area contributed by atoms with Crippen molar-refractivity contribution < 1.29 is 9.53 Å². The molecule has 2 aromatic carbocycles. The summed E-state index contributed by atoms with van der Waals surface area (Å²) in [5.41, 5.74) is 0.666. The number of carbonyl (C=O) groups excluding carboxylic acids is 1. The molecular formula is C22H19BrN6O4S. The summed E-state index contributed by atoms with van der Waals surface area (Å²) in [6.07, 6.45) is 0.148. The van der Waals surface area contributed by atoms with Gasteiger partial charge >= 0.3 is 5.69 Å². The van der Waals surface area contributed by atoms with Crippen molar-refractivity contribution in [1.82, 2.24) is 24.7 Å². The summed E-state index contributed by atoms with van der Waals surface area (Å²) >= 11 is 4.58. The Morgan fingerprint density at radius 1 is 1.12 bits per heavy atom. The second kappa shape index (κ2) is 10.5. The van der Waals surface area contributed by atoms with Crippen molar-refractivity contribution >= 4 is 39.3 Å². The number of halogens is 1. The molecule has 174 valence electrons. The van der Waals surface area contributed by atoms with E-state index < -0.39 is 11.2 Å². The van der Waals surface area contributed by atoms with Gasteiger partial charge in [-0.3, -0.25) is 19.1 Å². The number of H-pyrrole nitrogens is 2. The predicted octanol–water partition coefficient (Wildman–Crippen LogP) is 2.74. The number of nitrogens with zero attached hydrogens (tertiary/aromatic N) is 3. The highest BCUT2D eigenvalue weighted by Crippen LogP contribution is 2.26. The SMILES string of the molecule is COc1cccc(-n2c(Cc3cc(=O)[nH]c(=O)[nH]3)nnc2SCC(=O)Nc2ccc(Br)cc2)c1. The Kier molecular flexibility index (Phi) is 7.28. The van der Waals surface area contributed by atoms with Crippen LogP contribution in [-0.2, 0) is 11.2 Å². The minimum atomic E-state index is -0.603. The smallest absolute Gasteiger partial charge is 0.325 e. The number of carbonyl (C=O) groups is 1. The molecule has 2 heterocycles. The summed E-state index contributed by atoms with van der Waals surface area (Å²) in [4.78, 5) is 40.6. The second-order valence-corrected chi connectivity index (χ2v) is 8.93. The van der Waals surface area contributed by atoms with Crippen molar-refractivity contribution in [3.05, 3.63) is 91.4 Å². The molecule has 0 atom stereocenters. The second-order valence-electron chi connectivity index (χ2n) is 7.07. The normalized spacial score (nSPS) is 10.8. The maximum Gasteiger partial charge on any atom is 0.325 e. The molecule has 0 saturated carbocycles. The topological polar surface area (TPSA) is 135 Å². The van der Waals surface area contributed by atoms with E-state index in [0.717, 1.165) is 4.47 Å². The van der Waals surface area contributed by atoms with Crippen LogP contribution in [0, 0.1) is 0 Å². The molecule has 0 spiro atoms. The number of anilines is 1. The van der Waals surface area contributed by atoms with Gasteiger partial charge in [-0.05, 0) is 36.4 Å². The van der Waals surface area contributed by atoms with Gasteiger partial charge in [0.2, 0.25) is 5.91 Å². The van der Waals surface area contributed by atoms with Crippen LogP contribution in [0.1, 0.15) is 11.5 Å². The van der Waals surface area contributed by atoms with E-state index in [9.17, 15) is 14.4 Å². The highest BCUT2D eigenvalue weighted by molar-refractivity contribution is 9.10. The molecule has 0 aliphatic heterocycles. The van der Waals surface area contributed by atoms with Crippen LogP contribution in [0.5, 0.6) is 5.75 Å². The molecule has 10 nitrogen and oxygen atoms in total. The number of ether oxygens (including phenoxy) is 1. The number of aromatic amines is 2. The van der Waals surface area contributed by atoms with Gasteiger partial charge in [0.15, 0.2) is 5.16 Å². The Balaban J connectivity index is 1.61. The lowest BCUT2D eigenvalue weighted by Crippen LogP contribution is -2.23. The lowest BCUT2D eigenvalue weighted by atomic mass is 10.2. The molecule has 0 radical (unpaired) electrons. The standard InChI is InChI=1S/C22H19BrN6O4S/c1-33-17-4-2-3-16(11-17)29-18(9-15-10-19(30)26-21(32)25-15)27-28-22(29)34-12-20(31)24-14-7-5-13(23)6-8-14/h2-8,10-11H,9,12H2,1H3,(H,24,31)(H2,25,26,30,32). The Labute approximate surface area is 205 Å². The maximum absolute atomic E-state index is 12.5. The largest absolute Gasteiger partial charge is 0.497 e. The van der Waals surface area contributed by atoms with Gasteiger partial charge in [-0.15, -0.1) is 10.2 Å². The predicted molar refractivity (Wildman–Crippen MR) is 132 cm³/mol. The van der Waals surface area contributed by atoms with E-state index in [2.05, 4.69) is 41.4 Å². The minimum Gasteiger partial charge on any atom is -0.497 e. The Morgan fingerprint density at radius 2 is 1.91 bits per heavy atom. The zero-order chi connectivity index (χ0) is 24.1. The van der Waals surface area contributed by atoms with Crippen molar-refractivity contribution in [2.24, 2.45) is 0 Å². The molecule has 3 N–H and O–H groups in total. The molecule has 0 fully saturated rings. The Morgan fingerprint density at radius 3 is 2.65 bits per heavy atom. The highest BCUT2D eigenvalue weighted by atomic mass is 79.9. The monoisotopic (exact) mass is 542 g/mol. The van der Waals surface area contributed by atoms with Crippen molar-refractivity contribution in [2.75, 3.05) is 18.2 Å². The number of benzene rings is 2. The van der Waals surface area contributed by atoms with Gasteiger partial charge in [0.1, 0.15) is 11.6 Å². The van der Waals surface area contributed by atoms with E-state index in [-0.39, 0.29) is 18.1 Å². The third-order valence-electron chi connectivity index (χ3n) is 4.64. The average Bonchev–Trinajstić information content (AvgIpc) is 3.21. The maximum atomic E-state index is 12.5. The number of rotatable bonds is 8. The first kappa shape index (κ1) is 23.5. The summed E-state index contributed by atoms with van der Waals surface area (Å²) in [6, 6.07) is 15.9. The molecule has 1 amide bonds. The van der Waals surface area contributed by atoms with Crippen LogP contribution in [0.15, 0.2) is 73.8 Å². The van der Waals surface area contributed by atoms with Crippen LogP contribution >= 0.6 is 27.7 Å². The summed E-state index contributed by atoms with van der Waals surface area (Å²) in [5, 5.41) is 11.8. The van der Waals surface area contributed by atoms with E-state index in [1.54, 1.807) is 35.9 Å². The molecule has 12 heteroatoms. The molecule has 4 rings (SSSR count). The van der Waals surface area contributed by atoms with Crippen molar-refractivity contribution in [3.63, 3.8) is 0 Å². The lowest BCUT2D eigenvalue weighted by molar-refractivity contribution is -0.113. The third-order valence-corrected chi connectivity index (χ3v) is 6.09. The third kappa shape index (κ3) is 5.83. The van der Waals surface area contributed by atoms with Gasteiger partial charge in [0.25, 0.3) is 5.56 Å². The van der Waals surface area contributed by atoms with E-state index in [1.807, 2.05) is 24.3 Å². The summed E-state index contributed by atoms with van der Waals surface area (Å²) < 4.78 is 8.01. The number of aromatic nitrogens is 5. The average molecular weight is 543 g/mol. The number of hydrogen-bond acceptors (Lipinski definition) is 7. The van der Waals surface area contributed by atoms with Crippen molar-refractivity contribution in [2.45, 2.75) is 11.6 Å². The summed E-state index contributed by atoms with van der Waals surface area (Å²) in [5.74, 6) is 1.00. The molecular weight excluding hydrogens is 524 g/mol. The zero-order valence-corrected chi connectivity index (χ0v) is 20.3. The molecule has 0 aliphatic rings. The van der Waals surface area contributed by atoms with Gasteiger partial charge in [-0.25, -0.2) is 4.79 Å². The van der Waals surface area contributed by atoms with Crippen LogP contribution in [0.25, 0.3) is 5.69 Å². The number of thioether (sulfide) groups is 1. The fourth-order valence-corrected chi connectivity index (χ4v) is 4.20. The molecule has 0 aliphatic carbocycles. The van der Waals surface area contributed by atoms with Gasteiger partial charge in [-0.1, -0.05) is 33.8 Å². The van der Waals surface area contributed by atoms with E-state index in [1.165, 1.54) is 17.8 Å². The molecule has 0 saturated heterocycles.